The third-order valence-corrected chi connectivity index (χ3v) is 2.56. The molecule has 1 rings (SSSR count). The van der Waals surface area contributed by atoms with E-state index in [2.05, 4.69) is 5.92 Å². The molecule has 3 heteroatoms. The Morgan fingerprint density at radius 1 is 1.43 bits per heavy atom. The molecule has 0 bridgehead atoms. The largest absolute Gasteiger partial charge is 0.325 e. The second-order valence-corrected chi connectivity index (χ2v) is 3.55. The zero-order chi connectivity index (χ0) is 10.4. The van der Waals surface area contributed by atoms with Crippen LogP contribution in [0.5, 0.6) is 0 Å². The van der Waals surface area contributed by atoms with E-state index >= 15 is 0 Å². The number of urea groups is 1. The summed E-state index contributed by atoms with van der Waals surface area (Å²) in [6, 6.07) is 0.102. The lowest BCUT2D eigenvalue weighted by atomic mass is 10.1. The van der Waals surface area contributed by atoms with Crippen LogP contribution in [0.15, 0.2) is 0 Å². The molecule has 0 N–H and O–H groups in total. The summed E-state index contributed by atoms with van der Waals surface area (Å²) in [6.07, 6.45) is 8.70. The molecule has 0 atom stereocenters. The summed E-state index contributed by atoms with van der Waals surface area (Å²) in [5.74, 6) is 2.52. The van der Waals surface area contributed by atoms with Gasteiger partial charge >= 0.3 is 6.03 Å². The van der Waals surface area contributed by atoms with Crippen molar-refractivity contribution in [2.45, 2.75) is 26.2 Å². The van der Waals surface area contributed by atoms with Gasteiger partial charge in [-0.15, -0.1) is 6.42 Å². The number of carbonyl (C=O) groups excluding carboxylic acids is 1. The Hall–Kier alpha value is -1.17. The first-order valence-electron chi connectivity index (χ1n) is 5.27. The second-order valence-electron chi connectivity index (χ2n) is 3.55. The first-order chi connectivity index (χ1) is 6.79. The molecule has 1 aliphatic heterocycles. The highest BCUT2D eigenvalue weighted by atomic mass is 16.2. The Morgan fingerprint density at radius 2 is 2.07 bits per heavy atom. The van der Waals surface area contributed by atoms with Crippen molar-refractivity contribution in [1.82, 2.24) is 9.80 Å². The molecule has 3 nitrogen and oxygen atoms in total. The molecule has 0 unspecified atom stereocenters. The van der Waals surface area contributed by atoms with Gasteiger partial charge in [0.05, 0.1) is 6.54 Å². The Morgan fingerprint density at radius 3 is 2.57 bits per heavy atom. The van der Waals surface area contributed by atoms with E-state index < -0.39 is 0 Å². The van der Waals surface area contributed by atoms with Crippen LogP contribution in [0.3, 0.4) is 0 Å². The van der Waals surface area contributed by atoms with Crippen LogP contribution in [0.4, 0.5) is 4.79 Å². The maximum absolute atomic E-state index is 11.9. The summed E-state index contributed by atoms with van der Waals surface area (Å²) in [7, 11) is 0. The minimum absolute atomic E-state index is 0.102. The fraction of sp³-hybridized carbons (Fsp3) is 0.727. The maximum atomic E-state index is 11.9. The van der Waals surface area contributed by atoms with Gasteiger partial charge in [0.15, 0.2) is 0 Å². The summed E-state index contributed by atoms with van der Waals surface area (Å²) >= 11 is 0. The van der Waals surface area contributed by atoms with E-state index in [0.29, 0.717) is 13.1 Å². The molecule has 0 saturated carbocycles. The van der Waals surface area contributed by atoms with Crippen LogP contribution in [0.25, 0.3) is 0 Å². The number of rotatable bonds is 2. The zero-order valence-corrected chi connectivity index (χ0v) is 8.83. The van der Waals surface area contributed by atoms with Crippen molar-refractivity contribution < 1.29 is 4.79 Å². The fourth-order valence-corrected chi connectivity index (χ4v) is 1.71. The Labute approximate surface area is 86.1 Å². The van der Waals surface area contributed by atoms with Crippen molar-refractivity contribution >= 4 is 6.03 Å². The van der Waals surface area contributed by atoms with Crippen LogP contribution in [0.1, 0.15) is 26.2 Å². The van der Waals surface area contributed by atoms with Gasteiger partial charge in [-0.05, 0) is 26.2 Å². The van der Waals surface area contributed by atoms with Crippen LogP contribution < -0.4 is 0 Å². The van der Waals surface area contributed by atoms with E-state index in [4.69, 9.17) is 6.42 Å². The van der Waals surface area contributed by atoms with Gasteiger partial charge in [0, 0.05) is 19.6 Å². The van der Waals surface area contributed by atoms with Crippen LogP contribution in [-0.2, 0) is 0 Å². The van der Waals surface area contributed by atoms with E-state index in [9.17, 15) is 4.79 Å². The van der Waals surface area contributed by atoms with Gasteiger partial charge in [-0.2, -0.15) is 0 Å². The van der Waals surface area contributed by atoms with Gasteiger partial charge in [-0.1, -0.05) is 5.92 Å². The number of hydrogen-bond donors (Lipinski definition) is 0. The van der Waals surface area contributed by atoms with Gasteiger partial charge in [0.2, 0.25) is 0 Å². The standard InChI is InChI=1S/C11H18N2O/c1-3-8-12(4-2)11(14)13-9-6-5-7-10-13/h1H,4-10H2,2H3. The minimum atomic E-state index is 0.102. The summed E-state index contributed by atoms with van der Waals surface area (Å²) in [5, 5.41) is 0. The summed E-state index contributed by atoms with van der Waals surface area (Å²) < 4.78 is 0. The van der Waals surface area contributed by atoms with Gasteiger partial charge in [-0.25, -0.2) is 4.79 Å². The highest BCUT2D eigenvalue weighted by molar-refractivity contribution is 5.74. The molecule has 0 aliphatic carbocycles. The highest BCUT2D eigenvalue weighted by Gasteiger charge is 2.20. The SMILES string of the molecule is C#CCN(CC)C(=O)N1CCCCC1. The Kier molecular flexibility index (Phi) is 4.31. The molecule has 0 aromatic rings. The smallest absolute Gasteiger partial charge is 0.320 e. The predicted octanol–water partition coefficient (Wildman–Crippen LogP) is 1.55. The molecule has 1 heterocycles. The fourth-order valence-electron chi connectivity index (χ4n) is 1.71. The first-order valence-corrected chi connectivity index (χ1v) is 5.27. The van der Waals surface area contributed by atoms with Crippen molar-refractivity contribution in [3.8, 4) is 12.3 Å². The number of terminal acetylenes is 1. The number of nitrogens with zero attached hydrogens (tertiary/aromatic N) is 2. The second kappa shape index (κ2) is 5.54. The maximum Gasteiger partial charge on any atom is 0.320 e. The highest BCUT2D eigenvalue weighted by Crippen LogP contribution is 2.10. The number of hydrogen-bond acceptors (Lipinski definition) is 1. The van der Waals surface area contributed by atoms with Gasteiger partial charge < -0.3 is 9.80 Å². The topological polar surface area (TPSA) is 23.6 Å². The van der Waals surface area contributed by atoms with E-state index in [1.807, 2.05) is 11.8 Å². The van der Waals surface area contributed by atoms with Crippen LogP contribution in [0.2, 0.25) is 0 Å². The van der Waals surface area contributed by atoms with Crippen molar-refractivity contribution in [2.75, 3.05) is 26.2 Å². The number of amides is 2. The van der Waals surface area contributed by atoms with Crippen molar-refractivity contribution in [1.29, 1.82) is 0 Å². The summed E-state index contributed by atoms with van der Waals surface area (Å²) in [5.41, 5.74) is 0. The quantitative estimate of drug-likeness (QED) is 0.612. The predicted molar refractivity (Wildman–Crippen MR) is 56.9 cm³/mol. The normalized spacial score (nSPS) is 16.1. The van der Waals surface area contributed by atoms with Crippen molar-refractivity contribution in [2.24, 2.45) is 0 Å². The molecule has 0 aromatic carbocycles. The van der Waals surface area contributed by atoms with E-state index in [1.54, 1.807) is 4.90 Å². The molecule has 0 radical (unpaired) electrons. The minimum Gasteiger partial charge on any atom is -0.325 e. The lowest BCUT2D eigenvalue weighted by molar-refractivity contribution is 0.150. The average Bonchev–Trinajstić information content (AvgIpc) is 2.26. The average molecular weight is 194 g/mol. The summed E-state index contributed by atoms with van der Waals surface area (Å²) in [6.45, 7) is 4.85. The molecule has 1 fully saturated rings. The lowest BCUT2D eigenvalue weighted by Gasteiger charge is -2.31. The molecule has 0 aromatic heterocycles. The van der Waals surface area contributed by atoms with E-state index in [-0.39, 0.29) is 6.03 Å². The molecule has 1 aliphatic rings. The number of carbonyl (C=O) groups is 1. The molecular formula is C11H18N2O. The van der Waals surface area contributed by atoms with Gasteiger partial charge in [0.1, 0.15) is 0 Å². The molecule has 78 valence electrons. The number of piperidine rings is 1. The lowest BCUT2D eigenvalue weighted by Crippen LogP contribution is -2.45. The molecule has 1 saturated heterocycles. The van der Waals surface area contributed by atoms with Crippen LogP contribution in [0, 0.1) is 12.3 Å². The third-order valence-electron chi connectivity index (χ3n) is 2.56. The van der Waals surface area contributed by atoms with E-state index in [0.717, 1.165) is 25.9 Å². The van der Waals surface area contributed by atoms with Gasteiger partial charge in [0.25, 0.3) is 0 Å². The molecule has 2 amide bonds. The van der Waals surface area contributed by atoms with E-state index in [1.165, 1.54) is 6.42 Å². The van der Waals surface area contributed by atoms with Crippen LogP contribution >= 0.6 is 0 Å². The molecular weight excluding hydrogens is 176 g/mol. The van der Waals surface area contributed by atoms with Gasteiger partial charge in [-0.3, -0.25) is 0 Å². The van der Waals surface area contributed by atoms with Crippen LogP contribution in [-0.4, -0.2) is 42.0 Å². The van der Waals surface area contributed by atoms with Crippen molar-refractivity contribution in [3.63, 3.8) is 0 Å². The summed E-state index contributed by atoms with van der Waals surface area (Å²) in [4.78, 5) is 15.5. The first kappa shape index (κ1) is 10.9. The Balaban J connectivity index is 2.48. The number of likely N-dealkylation sites (tertiary alicyclic amines) is 1. The third kappa shape index (κ3) is 2.66. The Bertz CT molecular complexity index is 226. The molecule has 0 spiro atoms. The zero-order valence-electron chi connectivity index (χ0n) is 8.83. The van der Waals surface area contributed by atoms with Crippen molar-refractivity contribution in [3.05, 3.63) is 0 Å². The monoisotopic (exact) mass is 194 g/mol. The molecule has 14 heavy (non-hydrogen) atoms.